The van der Waals surface area contributed by atoms with Crippen LogP contribution in [0.2, 0.25) is 0 Å². The number of halogens is 1. The van der Waals surface area contributed by atoms with Gasteiger partial charge in [0.25, 0.3) is 5.91 Å². The standard InChI is InChI=1S/C24H30BrN5O5S/c1-16-14-17(4-5-18(16)30-11-13-34-12-8-20(30)28-33-3)26-22(31)24(9-10-29(2)15-24)27-23(32)35-21-7-6-19(25)36-21/h4-7,14H,8-13,15H2,1-3H3,(H,26,31)(H,27,32). The van der Waals surface area contributed by atoms with Gasteiger partial charge in [0.1, 0.15) is 12.6 Å². The van der Waals surface area contributed by atoms with Crippen molar-refractivity contribution in [3.8, 4) is 5.06 Å². The van der Waals surface area contributed by atoms with Gasteiger partial charge in [-0.3, -0.25) is 4.79 Å². The third-order valence-corrected chi connectivity index (χ3v) is 7.66. The van der Waals surface area contributed by atoms with Crippen LogP contribution in [0.25, 0.3) is 0 Å². The summed E-state index contributed by atoms with van der Waals surface area (Å²) in [5, 5.41) is 10.5. The quantitative estimate of drug-likeness (QED) is 0.501. The minimum Gasteiger partial charge on any atom is -0.399 e. The van der Waals surface area contributed by atoms with Gasteiger partial charge in [-0.15, -0.1) is 0 Å². The minimum absolute atomic E-state index is 0.284. The number of amidine groups is 1. The summed E-state index contributed by atoms with van der Waals surface area (Å²) < 4.78 is 11.9. The molecular weight excluding hydrogens is 550 g/mol. The first-order valence-corrected chi connectivity index (χ1v) is 13.2. The van der Waals surface area contributed by atoms with E-state index in [4.69, 9.17) is 14.3 Å². The molecule has 2 amide bonds. The van der Waals surface area contributed by atoms with E-state index in [1.54, 1.807) is 12.1 Å². The molecule has 2 saturated heterocycles. The van der Waals surface area contributed by atoms with E-state index in [0.717, 1.165) is 20.9 Å². The van der Waals surface area contributed by atoms with Gasteiger partial charge < -0.3 is 34.7 Å². The number of rotatable bonds is 6. The van der Waals surface area contributed by atoms with Crippen LogP contribution in [0.3, 0.4) is 0 Å². The Morgan fingerprint density at radius 1 is 1.22 bits per heavy atom. The Hall–Kier alpha value is -2.67. The largest absolute Gasteiger partial charge is 0.414 e. The number of carbonyl (C=O) groups is 2. The fourth-order valence-electron chi connectivity index (χ4n) is 4.44. The summed E-state index contributed by atoms with van der Waals surface area (Å²) in [6, 6.07) is 9.21. The van der Waals surface area contributed by atoms with Crippen molar-refractivity contribution in [3.63, 3.8) is 0 Å². The topological polar surface area (TPSA) is 105 Å². The van der Waals surface area contributed by atoms with Gasteiger partial charge in [-0.1, -0.05) is 16.5 Å². The van der Waals surface area contributed by atoms with E-state index in [9.17, 15) is 9.59 Å². The van der Waals surface area contributed by atoms with Gasteiger partial charge in [0, 0.05) is 37.4 Å². The third kappa shape index (κ3) is 6.17. The molecule has 194 valence electrons. The first-order chi connectivity index (χ1) is 17.3. The zero-order chi connectivity index (χ0) is 25.7. The highest BCUT2D eigenvalue weighted by Crippen LogP contribution is 2.30. The average Bonchev–Trinajstić information content (AvgIpc) is 3.33. The number of hydrogen-bond acceptors (Lipinski definition) is 8. The molecule has 0 radical (unpaired) electrons. The number of carbonyl (C=O) groups excluding carboxylic acids is 2. The number of benzene rings is 1. The number of ether oxygens (including phenoxy) is 2. The van der Waals surface area contributed by atoms with Gasteiger partial charge in [-0.05, 0) is 72.2 Å². The maximum absolute atomic E-state index is 13.5. The summed E-state index contributed by atoms with van der Waals surface area (Å²) in [5.74, 6) is 0.511. The molecule has 2 fully saturated rings. The van der Waals surface area contributed by atoms with Crippen molar-refractivity contribution < 1.29 is 23.9 Å². The van der Waals surface area contributed by atoms with Crippen LogP contribution in [0.4, 0.5) is 16.2 Å². The fourth-order valence-corrected chi connectivity index (χ4v) is 5.63. The molecule has 36 heavy (non-hydrogen) atoms. The molecule has 2 aromatic rings. The zero-order valence-electron chi connectivity index (χ0n) is 20.5. The van der Waals surface area contributed by atoms with Gasteiger partial charge in [0.15, 0.2) is 10.9 Å². The Morgan fingerprint density at radius 2 is 2.06 bits per heavy atom. The maximum atomic E-state index is 13.5. The van der Waals surface area contributed by atoms with E-state index >= 15 is 0 Å². The molecule has 2 aliphatic rings. The lowest BCUT2D eigenvalue weighted by molar-refractivity contribution is -0.121. The Balaban J connectivity index is 1.49. The first-order valence-electron chi connectivity index (χ1n) is 11.6. The molecule has 1 unspecified atom stereocenters. The van der Waals surface area contributed by atoms with Gasteiger partial charge >= 0.3 is 6.09 Å². The highest BCUT2D eigenvalue weighted by Gasteiger charge is 2.45. The Bertz CT molecular complexity index is 1140. The van der Waals surface area contributed by atoms with Crippen LogP contribution in [0.15, 0.2) is 39.3 Å². The molecule has 1 aromatic heterocycles. The Labute approximate surface area is 222 Å². The van der Waals surface area contributed by atoms with Crippen molar-refractivity contribution in [2.75, 3.05) is 57.2 Å². The molecule has 4 rings (SSSR count). The van der Waals surface area contributed by atoms with Crippen LogP contribution >= 0.6 is 27.3 Å². The number of hydrogen-bond donors (Lipinski definition) is 2. The highest BCUT2D eigenvalue weighted by atomic mass is 79.9. The predicted molar refractivity (Wildman–Crippen MR) is 143 cm³/mol. The minimum atomic E-state index is -1.10. The molecule has 0 aliphatic carbocycles. The number of nitrogens with one attached hydrogen (secondary N) is 2. The van der Waals surface area contributed by atoms with Crippen molar-refractivity contribution in [1.29, 1.82) is 0 Å². The van der Waals surface area contributed by atoms with Gasteiger partial charge in [-0.25, -0.2) is 4.79 Å². The summed E-state index contributed by atoms with van der Waals surface area (Å²) >= 11 is 4.65. The normalized spacial score (nSPS) is 21.8. The summed E-state index contributed by atoms with van der Waals surface area (Å²) in [6.07, 6.45) is 0.460. The highest BCUT2D eigenvalue weighted by molar-refractivity contribution is 9.11. The van der Waals surface area contributed by atoms with E-state index in [1.807, 2.05) is 37.1 Å². The summed E-state index contributed by atoms with van der Waals surface area (Å²) in [6.45, 7) is 4.85. The van der Waals surface area contributed by atoms with Gasteiger partial charge in [0.2, 0.25) is 0 Å². The summed E-state index contributed by atoms with van der Waals surface area (Å²) in [5.41, 5.74) is 1.47. The van der Waals surface area contributed by atoms with Crippen molar-refractivity contribution in [2.45, 2.75) is 25.3 Å². The van der Waals surface area contributed by atoms with Crippen molar-refractivity contribution in [3.05, 3.63) is 39.7 Å². The lowest BCUT2D eigenvalue weighted by Gasteiger charge is -2.29. The fraction of sp³-hybridized carbons (Fsp3) is 0.458. The number of likely N-dealkylation sites (N-methyl/N-ethyl adjacent to an activating group) is 1. The number of nitrogens with zero attached hydrogens (tertiary/aromatic N) is 3. The van der Waals surface area contributed by atoms with Crippen molar-refractivity contribution in [1.82, 2.24) is 10.2 Å². The van der Waals surface area contributed by atoms with E-state index in [0.29, 0.717) is 56.4 Å². The van der Waals surface area contributed by atoms with Crippen LogP contribution in [0.5, 0.6) is 5.06 Å². The van der Waals surface area contributed by atoms with E-state index in [-0.39, 0.29) is 5.91 Å². The second-order valence-corrected chi connectivity index (χ2v) is 11.2. The number of thiophene rings is 1. The first kappa shape index (κ1) is 26.4. The second kappa shape index (κ2) is 11.6. The van der Waals surface area contributed by atoms with Crippen LogP contribution in [0, 0.1) is 6.92 Å². The SMILES string of the molecule is CON=C1CCOCCN1c1ccc(NC(=O)C2(NC(=O)Oc3ccc(Br)s3)CCN(C)C2)cc1C. The van der Waals surface area contributed by atoms with E-state index < -0.39 is 11.6 Å². The maximum Gasteiger partial charge on any atom is 0.414 e. The van der Waals surface area contributed by atoms with Gasteiger partial charge in [-0.2, -0.15) is 0 Å². The molecule has 12 heteroatoms. The Kier molecular flexibility index (Phi) is 8.50. The van der Waals surface area contributed by atoms with Crippen LogP contribution in [-0.2, 0) is 14.4 Å². The molecule has 0 saturated carbocycles. The lowest BCUT2D eigenvalue weighted by Crippen LogP contribution is -2.58. The second-order valence-electron chi connectivity index (χ2n) is 8.80. The third-order valence-electron chi connectivity index (χ3n) is 6.16. The molecule has 0 spiro atoms. The smallest absolute Gasteiger partial charge is 0.399 e. The van der Waals surface area contributed by atoms with Crippen LogP contribution in [0.1, 0.15) is 18.4 Å². The molecule has 10 nitrogen and oxygen atoms in total. The number of oxime groups is 1. The molecule has 0 bridgehead atoms. The predicted octanol–water partition coefficient (Wildman–Crippen LogP) is 3.81. The number of amides is 2. The molecular formula is C24H30BrN5O5S. The molecule has 2 N–H and O–H groups in total. The molecule has 2 aliphatic heterocycles. The summed E-state index contributed by atoms with van der Waals surface area (Å²) in [4.78, 5) is 35.3. The van der Waals surface area contributed by atoms with Gasteiger partial charge in [0.05, 0.1) is 17.0 Å². The van der Waals surface area contributed by atoms with Crippen LogP contribution < -0.4 is 20.3 Å². The average molecular weight is 581 g/mol. The molecule has 1 atom stereocenters. The van der Waals surface area contributed by atoms with Crippen molar-refractivity contribution in [2.24, 2.45) is 5.16 Å². The van der Waals surface area contributed by atoms with Crippen LogP contribution in [-0.4, -0.2) is 75.3 Å². The number of aryl methyl sites for hydroxylation is 1. The number of likely N-dealkylation sites (tertiary alicyclic amines) is 1. The van der Waals surface area contributed by atoms with E-state index in [1.165, 1.54) is 18.4 Å². The number of anilines is 2. The summed E-state index contributed by atoms with van der Waals surface area (Å²) in [7, 11) is 3.45. The monoisotopic (exact) mass is 579 g/mol. The lowest BCUT2D eigenvalue weighted by atomic mass is 9.97. The van der Waals surface area contributed by atoms with E-state index in [2.05, 4.69) is 36.6 Å². The molecule has 1 aromatic carbocycles. The zero-order valence-corrected chi connectivity index (χ0v) is 22.9. The van der Waals surface area contributed by atoms with Crippen molar-refractivity contribution >= 4 is 56.5 Å². The Morgan fingerprint density at radius 3 is 2.72 bits per heavy atom. The molecule has 3 heterocycles.